The number of aliphatic hydroxyl groups excluding tert-OH is 1. The van der Waals surface area contributed by atoms with Gasteiger partial charge in [-0.2, -0.15) is 0 Å². The van der Waals surface area contributed by atoms with Crippen LogP contribution in [0.25, 0.3) is 0 Å². The van der Waals surface area contributed by atoms with Gasteiger partial charge in [-0.3, -0.25) is 19.2 Å². The third kappa shape index (κ3) is 13.2. The number of nitrogens with zero attached hydrogens (tertiary/aromatic N) is 2. The van der Waals surface area contributed by atoms with Gasteiger partial charge in [-0.05, 0) is 56.6 Å². The minimum atomic E-state index is -0.761. The average molecular weight is 776 g/mol. The molecule has 2 rings (SSSR count). The van der Waals surface area contributed by atoms with Crippen LogP contribution in [-0.2, 0) is 33.4 Å². The van der Waals surface area contributed by atoms with E-state index in [0.717, 1.165) is 18.4 Å². The van der Waals surface area contributed by atoms with Gasteiger partial charge in [-0.15, -0.1) is 0 Å². The van der Waals surface area contributed by atoms with Crippen molar-refractivity contribution in [3.8, 4) is 0 Å². The zero-order chi connectivity index (χ0) is 41.4. The number of likely N-dealkylation sites (N-methyl/N-ethyl adjacent to an activating group) is 2. The predicted octanol–water partition coefficient (Wildman–Crippen LogP) is 3.94. The van der Waals surface area contributed by atoms with Crippen LogP contribution in [0.2, 0.25) is 0 Å². The molecule has 0 aromatic heterocycles. The number of nitrogens with one attached hydrogen (secondary N) is 3. The first kappa shape index (κ1) is 48.0. The highest BCUT2D eigenvalue weighted by atomic mass is 16.5. The van der Waals surface area contributed by atoms with Crippen LogP contribution in [0.4, 0.5) is 0 Å². The number of hydrogen-bond acceptors (Lipinski definition) is 9. The van der Waals surface area contributed by atoms with E-state index in [9.17, 15) is 24.3 Å². The zero-order valence-electron chi connectivity index (χ0n) is 35.7. The van der Waals surface area contributed by atoms with E-state index in [0.29, 0.717) is 26.0 Å². The van der Waals surface area contributed by atoms with Crippen molar-refractivity contribution in [2.75, 3.05) is 48.1 Å². The Kier molecular flexibility index (Phi) is 20.8. The second kappa shape index (κ2) is 23.8. The van der Waals surface area contributed by atoms with E-state index in [4.69, 9.17) is 14.2 Å². The van der Waals surface area contributed by atoms with E-state index >= 15 is 0 Å². The molecule has 1 aromatic rings. The van der Waals surface area contributed by atoms with Crippen LogP contribution in [0.1, 0.15) is 99.2 Å². The molecule has 1 saturated heterocycles. The number of rotatable bonds is 24. The van der Waals surface area contributed by atoms with Crippen LogP contribution >= 0.6 is 0 Å². The Hall–Kier alpha value is -3.10. The molecule has 1 fully saturated rings. The van der Waals surface area contributed by atoms with Crippen LogP contribution in [0.5, 0.6) is 0 Å². The quantitative estimate of drug-likeness (QED) is 0.114. The Balaban J connectivity index is 2.26. The minimum absolute atomic E-state index is 0.0119. The summed E-state index contributed by atoms with van der Waals surface area (Å²) in [6.07, 6.45) is 1.10. The lowest BCUT2D eigenvalue weighted by molar-refractivity contribution is -0.148. The number of likely N-dealkylation sites (tertiary alicyclic amines) is 1. The van der Waals surface area contributed by atoms with Crippen molar-refractivity contribution in [3.63, 3.8) is 0 Å². The number of carbonyl (C=O) groups is 4. The molecular weight excluding hydrogens is 702 g/mol. The van der Waals surface area contributed by atoms with Crippen LogP contribution in [-0.4, -0.2) is 129 Å². The maximum absolute atomic E-state index is 14.2. The first-order valence-electron chi connectivity index (χ1n) is 20.3. The van der Waals surface area contributed by atoms with Crippen molar-refractivity contribution < 1.29 is 38.5 Å². The van der Waals surface area contributed by atoms with E-state index in [1.54, 1.807) is 33.2 Å². The fraction of sp³-hybridized carbons (Fsp3) is 0.762. The topological polar surface area (TPSA) is 159 Å². The molecule has 0 aliphatic carbocycles. The van der Waals surface area contributed by atoms with Gasteiger partial charge in [0.1, 0.15) is 12.1 Å². The van der Waals surface area contributed by atoms with Crippen molar-refractivity contribution in [3.05, 3.63) is 35.9 Å². The van der Waals surface area contributed by atoms with Crippen LogP contribution in [0.3, 0.4) is 0 Å². The number of benzene rings is 1. The van der Waals surface area contributed by atoms with Crippen molar-refractivity contribution in [2.24, 2.45) is 23.7 Å². The van der Waals surface area contributed by atoms with E-state index < -0.39 is 42.4 Å². The molecule has 1 aromatic carbocycles. The summed E-state index contributed by atoms with van der Waals surface area (Å²) >= 11 is 0. The molecular formula is C42H73N5O8. The normalized spacial score (nSPS) is 19.5. The molecule has 13 nitrogen and oxygen atoms in total. The second-order valence-corrected chi connectivity index (χ2v) is 15.9. The summed E-state index contributed by atoms with van der Waals surface area (Å²) in [5, 5.41) is 18.5. The maximum atomic E-state index is 14.2. The number of ether oxygens (including phenoxy) is 3. The van der Waals surface area contributed by atoms with Crippen molar-refractivity contribution in [1.82, 2.24) is 25.8 Å². The number of carbonyl (C=O) groups excluding carboxylic acids is 4. The summed E-state index contributed by atoms with van der Waals surface area (Å²) in [5.74, 6) is -1.55. The van der Waals surface area contributed by atoms with Crippen molar-refractivity contribution in [2.45, 2.75) is 136 Å². The Bertz CT molecular complexity index is 1320. The Morgan fingerprint density at radius 2 is 1.56 bits per heavy atom. The summed E-state index contributed by atoms with van der Waals surface area (Å²) in [7, 11) is 6.61. The second-order valence-electron chi connectivity index (χ2n) is 15.9. The first-order chi connectivity index (χ1) is 26.1. The van der Waals surface area contributed by atoms with Gasteiger partial charge in [-0.1, -0.05) is 85.2 Å². The summed E-state index contributed by atoms with van der Waals surface area (Å²) in [6.45, 7) is 16.4. The van der Waals surface area contributed by atoms with Gasteiger partial charge < -0.3 is 45.1 Å². The molecule has 13 heteroatoms. The number of methoxy groups -OCH3 is 2. The summed E-state index contributed by atoms with van der Waals surface area (Å²) < 4.78 is 18.1. The number of aliphatic hydroxyl groups is 1. The lowest BCUT2D eigenvalue weighted by Gasteiger charge is -2.41. The van der Waals surface area contributed by atoms with E-state index in [1.807, 2.05) is 90.6 Å². The smallest absolute Gasteiger partial charge is 0.245 e. The highest BCUT2D eigenvalue weighted by molar-refractivity contribution is 5.90. The van der Waals surface area contributed by atoms with E-state index in [2.05, 4.69) is 16.0 Å². The molecule has 1 aliphatic heterocycles. The monoisotopic (exact) mass is 776 g/mol. The molecule has 1 heterocycles. The van der Waals surface area contributed by atoms with Crippen LogP contribution in [0, 0.1) is 23.7 Å². The molecule has 55 heavy (non-hydrogen) atoms. The first-order valence-corrected chi connectivity index (χ1v) is 20.3. The SMILES string of the molecule is CC[C@H](C)[C@@H]([C@@H](CC(=O)N1CCC[C@H]1[C@H](OC)[C@@H](C)C(=O)N[C@H](C)[C@@H](OCCCO)c1ccccc1)OC)N(C)C(=O)[C@@H](NC(=O)[C@@H](NC)C(C)C)C(C)C. The van der Waals surface area contributed by atoms with E-state index in [1.165, 1.54) is 0 Å². The highest BCUT2D eigenvalue weighted by Crippen LogP contribution is 2.30. The predicted molar refractivity (Wildman–Crippen MR) is 215 cm³/mol. The standard InChI is InChI=1S/C42H73N5O8/c1-13-28(6)37(46(10)42(52)36(27(4)5)45-41(51)35(43-9)26(2)3)33(53-11)25-34(49)47-22-17-21-32(47)38(54-12)29(7)40(50)44-30(8)39(55-24-18-23-48)31-19-15-14-16-20-31/h14-16,19-20,26-30,32-33,35-39,43,48H,13,17-18,21-25H2,1-12H3,(H,44,50)(H,45,51)/t28-,29+,30+,32-,33+,35-,36-,37-,38+,39+/m0/s1. The number of hydrogen-bond donors (Lipinski definition) is 4. The van der Waals surface area contributed by atoms with Crippen LogP contribution < -0.4 is 16.0 Å². The third-order valence-corrected chi connectivity index (χ3v) is 11.3. The fourth-order valence-electron chi connectivity index (χ4n) is 7.93. The molecule has 10 atom stereocenters. The molecule has 314 valence electrons. The van der Waals surface area contributed by atoms with Gasteiger partial charge in [0, 0.05) is 41.0 Å². The lowest BCUT2D eigenvalue weighted by atomic mass is 9.89. The largest absolute Gasteiger partial charge is 0.396 e. The average Bonchev–Trinajstić information content (AvgIpc) is 3.65. The molecule has 0 unspecified atom stereocenters. The maximum Gasteiger partial charge on any atom is 0.245 e. The van der Waals surface area contributed by atoms with Gasteiger partial charge in [0.15, 0.2) is 0 Å². The van der Waals surface area contributed by atoms with Gasteiger partial charge in [0.25, 0.3) is 0 Å². The molecule has 0 bridgehead atoms. The molecule has 0 spiro atoms. The lowest BCUT2D eigenvalue weighted by Crippen LogP contribution is -2.59. The molecule has 0 radical (unpaired) electrons. The summed E-state index contributed by atoms with van der Waals surface area (Å²) in [6, 6.07) is 7.31. The zero-order valence-corrected chi connectivity index (χ0v) is 35.7. The molecule has 4 amide bonds. The van der Waals surface area contributed by atoms with Gasteiger partial charge >= 0.3 is 0 Å². The van der Waals surface area contributed by atoms with Crippen molar-refractivity contribution in [1.29, 1.82) is 0 Å². The van der Waals surface area contributed by atoms with Crippen molar-refractivity contribution >= 4 is 23.6 Å². The summed E-state index contributed by atoms with van der Waals surface area (Å²) in [4.78, 5) is 58.9. The van der Waals surface area contributed by atoms with Gasteiger partial charge in [-0.25, -0.2) is 0 Å². The van der Waals surface area contributed by atoms with Gasteiger partial charge in [0.05, 0.1) is 48.7 Å². The highest BCUT2D eigenvalue weighted by Gasteiger charge is 2.43. The molecule has 1 aliphatic rings. The Morgan fingerprint density at radius 1 is 0.927 bits per heavy atom. The minimum Gasteiger partial charge on any atom is -0.396 e. The molecule has 4 N–H and O–H groups in total. The number of amides is 4. The van der Waals surface area contributed by atoms with Crippen LogP contribution in [0.15, 0.2) is 30.3 Å². The Labute approximate surface area is 331 Å². The Morgan fingerprint density at radius 3 is 2.09 bits per heavy atom. The fourth-order valence-corrected chi connectivity index (χ4v) is 7.93. The third-order valence-electron chi connectivity index (χ3n) is 11.3. The van der Waals surface area contributed by atoms with Gasteiger partial charge in [0.2, 0.25) is 23.6 Å². The summed E-state index contributed by atoms with van der Waals surface area (Å²) in [5.41, 5.74) is 0.922. The molecule has 0 saturated carbocycles. The van der Waals surface area contributed by atoms with E-state index in [-0.39, 0.29) is 66.5 Å².